The molecule has 1 atom stereocenters. The van der Waals surface area contributed by atoms with Crippen molar-refractivity contribution >= 4 is 5.91 Å². The van der Waals surface area contributed by atoms with Crippen LogP contribution < -0.4 is 5.73 Å². The van der Waals surface area contributed by atoms with E-state index in [2.05, 4.69) is 4.90 Å². The Hall–Kier alpha value is -1.39. The van der Waals surface area contributed by atoms with E-state index in [0.717, 1.165) is 26.1 Å². The Labute approximate surface area is 115 Å². The third-order valence-corrected chi connectivity index (χ3v) is 3.75. The molecule has 1 fully saturated rings. The third kappa shape index (κ3) is 4.04. The molecule has 0 bridgehead atoms. The van der Waals surface area contributed by atoms with Crippen LogP contribution >= 0.6 is 0 Å². The SMILES string of the molecule is CN(Cc1ccccc1)C(=O)CN1CCC(CN)C1. The quantitative estimate of drug-likeness (QED) is 0.857. The minimum absolute atomic E-state index is 0.182. The minimum atomic E-state index is 0.182. The number of hydrogen-bond donors (Lipinski definition) is 1. The Bertz CT molecular complexity index is 407. The molecule has 1 saturated heterocycles. The number of benzene rings is 1. The van der Waals surface area contributed by atoms with Crippen molar-refractivity contribution < 1.29 is 4.79 Å². The molecule has 104 valence electrons. The molecule has 1 aromatic carbocycles. The van der Waals surface area contributed by atoms with Gasteiger partial charge in [-0.15, -0.1) is 0 Å². The summed E-state index contributed by atoms with van der Waals surface area (Å²) in [7, 11) is 1.87. The summed E-state index contributed by atoms with van der Waals surface area (Å²) in [5.41, 5.74) is 6.83. The van der Waals surface area contributed by atoms with Gasteiger partial charge in [0, 0.05) is 20.1 Å². The molecule has 1 heterocycles. The number of carbonyl (C=O) groups excluding carboxylic acids is 1. The molecule has 0 saturated carbocycles. The van der Waals surface area contributed by atoms with Crippen molar-refractivity contribution in [1.82, 2.24) is 9.80 Å². The average Bonchev–Trinajstić information content (AvgIpc) is 2.87. The zero-order valence-electron chi connectivity index (χ0n) is 11.6. The molecule has 2 rings (SSSR count). The summed E-state index contributed by atoms with van der Waals surface area (Å²) in [5, 5.41) is 0. The molecule has 19 heavy (non-hydrogen) atoms. The van der Waals surface area contributed by atoms with E-state index in [9.17, 15) is 4.79 Å². The lowest BCUT2D eigenvalue weighted by Gasteiger charge is -2.21. The zero-order valence-corrected chi connectivity index (χ0v) is 11.6. The Morgan fingerprint density at radius 1 is 1.42 bits per heavy atom. The zero-order chi connectivity index (χ0) is 13.7. The number of rotatable bonds is 5. The second-order valence-corrected chi connectivity index (χ2v) is 5.36. The standard InChI is InChI=1S/C15H23N3O/c1-17(10-13-5-3-2-4-6-13)15(19)12-18-8-7-14(9-16)11-18/h2-6,14H,7-12,16H2,1H3. The van der Waals surface area contributed by atoms with Crippen molar-refractivity contribution in [3.8, 4) is 0 Å². The molecule has 1 aromatic rings. The average molecular weight is 261 g/mol. The number of hydrogen-bond acceptors (Lipinski definition) is 3. The number of likely N-dealkylation sites (N-methyl/N-ethyl adjacent to an activating group) is 1. The molecule has 4 nitrogen and oxygen atoms in total. The smallest absolute Gasteiger partial charge is 0.236 e. The summed E-state index contributed by atoms with van der Waals surface area (Å²) in [6.45, 7) is 3.87. The second-order valence-electron chi connectivity index (χ2n) is 5.36. The molecule has 1 amide bonds. The van der Waals surface area contributed by atoms with Gasteiger partial charge >= 0.3 is 0 Å². The van der Waals surface area contributed by atoms with E-state index in [1.165, 1.54) is 5.56 Å². The van der Waals surface area contributed by atoms with Gasteiger partial charge in [0.05, 0.1) is 6.54 Å². The summed E-state index contributed by atoms with van der Waals surface area (Å²) < 4.78 is 0. The summed E-state index contributed by atoms with van der Waals surface area (Å²) in [4.78, 5) is 16.2. The van der Waals surface area contributed by atoms with Crippen LogP contribution in [0.4, 0.5) is 0 Å². The lowest BCUT2D eigenvalue weighted by Crippen LogP contribution is -2.37. The maximum absolute atomic E-state index is 12.2. The Kier molecular flexibility index (Phi) is 4.93. The van der Waals surface area contributed by atoms with Crippen LogP contribution in [-0.2, 0) is 11.3 Å². The summed E-state index contributed by atoms with van der Waals surface area (Å²) in [6, 6.07) is 10.1. The van der Waals surface area contributed by atoms with Crippen molar-refractivity contribution in [2.45, 2.75) is 13.0 Å². The molecular weight excluding hydrogens is 238 g/mol. The fraction of sp³-hybridized carbons (Fsp3) is 0.533. The number of carbonyl (C=O) groups is 1. The molecule has 1 unspecified atom stereocenters. The first-order valence-electron chi connectivity index (χ1n) is 6.89. The van der Waals surface area contributed by atoms with Crippen LogP contribution in [-0.4, -0.2) is 48.9 Å². The van der Waals surface area contributed by atoms with Crippen LogP contribution in [0.25, 0.3) is 0 Å². The highest BCUT2D eigenvalue weighted by molar-refractivity contribution is 5.78. The number of nitrogens with two attached hydrogens (primary N) is 1. The van der Waals surface area contributed by atoms with Gasteiger partial charge in [-0.3, -0.25) is 9.69 Å². The van der Waals surface area contributed by atoms with Gasteiger partial charge in [-0.25, -0.2) is 0 Å². The van der Waals surface area contributed by atoms with Gasteiger partial charge in [0.2, 0.25) is 5.91 Å². The van der Waals surface area contributed by atoms with Crippen molar-refractivity contribution in [3.05, 3.63) is 35.9 Å². The van der Waals surface area contributed by atoms with E-state index >= 15 is 0 Å². The molecule has 0 aromatic heterocycles. The van der Waals surface area contributed by atoms with E-state index in [1.807, 2.05) is 37.4 Å². The van der Waals surface area contributed by atoms with Gasteiger partial charge in [-0.2, -0.15) is 0 Å². The Morgan fingerprint density at radius 2 is 2.16 bits per heavy atom. The predicted octanol–water partition coefficient (Wildman–Crippen LogP) is 0.926. The molecule has 0 aliphatic carbocycles. The first kappa shape index (κ1) is 14.0. The van der Waals surface area contributed by atoms with E-state index < -0.39 is 0 Å². The van der Waals surface area contributed by atoms with Crippen molar-refractivity contribution in [2.24, 2.45) is 11.7 Å². The van der Waals surface area contributed by atoms with Gasteiger partial charge in [-0.05, 0) is 31.0 Å². The highest BCUT2D eigenvalue weighted by Crippen LogP contribution is 2.14. The van der Waals surface area contributed by atoms with Gasteiger partial charge in [0.1, 0.15) is 0 Å². The highest BCUT2D eigenvalue weighted by Gasteiger charge is 2.23. The van der Waals surface area contributed by atoms with Crippen LogP contribution in [0, 0.1) is 5.92 Å². The predicted molar refractivity (Wildman–Crippen MR) is 76.5 cm³/mol. The van der Waals surface area contributed by atoms with Crippen molar-refractivity contribution in [3.63, 3.8) is 0 Å². The van der Waals surface area contributed by atoms with Crippen molar-refractivity contribution in [2.75, 3.05) is 33.2 Å². The molecular formula is C15H23N3O. The lowest BCUT2D eigenvalue weighted by atomic mass is 10.1. The van der Waals surface area contributed by atoms with Crippen LogP contribution in [0.2, 0.25) is 0 Å². The van der Waals surface area contributed by atoms with Crippen LogP contribution in [0.15, 0.2) is 30.3 Å². The molecule has 0 spiro atoms. The fourth-order valence-electron chi connectivity index (χ4n) is 2.51. The molecule has 1 aliphatic rings. The second kappa shape index (κ2) is 6.68. The molecule has 4 heteroatoms. The number of likely N-dealkylation sites (tertiary alicyclic amines) is 1. The fourth-order valence-corrected chi connectivity index (χ4v) is 2.51. The monoisotopic (exact) mass is 261 g/mol. The third-order valence-electron chi connectivity index (χ3n) is 3.75. The minimum Gasteiger partial charge on any atom is -0.340 e. The molecule has 2 N–H and O–H groups in total. The lowest BCUT2D eigenvalue weighted by molar-refractivity contribution is -0.131. The number of amides is 1. The summed E-state index contributed by atoms with van der Waals surface area (Å²) in [5.74, 6) is 0.744. The molecule has 0 radical (unpaired) electrons. The van der Waals surface area contributed by atoms with Gasteiger partial charge in [0.15, 0.2) is 0 Å². The van der Waals surface area contributed by atoms with Gasteiger partial charge in [0.25, 0.3) is 0 Å². The van der Waals surface area contributed by atoms with E-state index in [0.29, 0.717) is 19.0 Å². The van der Waals surface area contributed by atoms with Crippen LogP contribution in [0.3, 0.4) is 0 Å². The Balaban J connectivity index is 1.80. The maximum Gasteiger partial charge on any atom is 0.236 e. The van der Waals surface area contributed by atoms with Crippen molar-refractivity contribution in [1.29, 1.82) is 0 Å². The van der Waals surface area contributed by atoms with Gasteiger partial charge < -0.3 is 10.6 Å². The first-order valence-corrected chi connectivity index (χ1v) is 6.89. The first-order chi connectivity index (χ1) is 9.19. The van der Waals surface area contributed by atoms with Crippen LogP contribution in [0.5, 0.6) is 0 Å². The normalized spacial score (nSPS) is 19.6. The van der Waals surface area contributed by atoms with E-state index in [4.69, 9.17) is 5.73 Å². The maximum atomic E-state index is 12.2. The number of nitrogens with zero attached hydrogens (tertiary/aromatic N) is 2. The van der Waals surface area contributed by atoms with E-state index in [1.54, 1.807) is 4.90 Å². The largest absolute Gasteiger partial charge is 0.340 e. The summed E-state index contributed by atoms with van der Waals surface area (Å²) in [6.07, 6.45) is 1.12. The highest BCUT2D eigenvalue weighted by atomic mass is 16.2. The topological polar surface area (TPSA) is 49.6 Å². The van der Waals surface area contributed by atoms with E-state index in [-0.39, 0.29) is 5.91 Å². The van der Waals surface area contributed by atoms with Crippen LogP contribution in [0.1, 0.15) is 12.0 Å². The molecule has 1 aliphatic heterocycles. The summed E-state index contributed by atoms with van der Waals surface area (Å²) >= 11 is 0. The van der Waals surface area contributed by atoms with Gasteiger partial charge in [-0.1, -0.05) is 30.3 Å². The Morgan fingerprint density at radius 3 is 2.79 bits per heavy atom.